The number of likely N-dealkylation sites (N-methyl/N-ethyl adjacent to an activating group) is 1. The Morgan fingerprint density at radius 2 is 1.96 bits per heavy atom. The number of benzene rings is 2. The number of anilines is 1. The summed E-state index contributed by atoms with van der Waals surface area (Å²) in [6.45, 7) is 0.661. The number of non-ortho nitro benzene ring substituents is 1. The van der Waals surface area contributed by atoms with Crippen molar-refractivity contribution in [1.82, 2.24) is 4.90 Å². The van der Waals surface area contributed by atoms with Crippen LogP contribution in [0.3, 0.4) is 0 Å². The molecule has 0 spiro atoms. The minimum absolute atomic E-state index is 0.123. The van der Waals surface area contributed by atoms with E-state index in [1.807, 2.05) is 24.3 Å². The van der Waals surface area contributed by atoms with Crippen molar-refractivity contribution < 1.29 is 14.5 Å². The minimum Gasteiger partial charge on any atom is -0.492 e. The minimum atomic E-state index is -0.521. The smallest absolute Gasteiger partial charge is 0.270 e. The predicted molar refractivity (Wildman–Crippen MR) is 99.2 cm³/mol. The van der Waals surface area contributed by atoms with Gasteiger partial charge < -0.3 is 15.0 Å². The van der Waals surface area contributed by atoms with Gasteiger partial charge in [-0.25, -0.2) is 0 Å². The zero-order valence-electron chi connectivity index (χ0n) is 13.9. The van der Waals surface area contributed by atoms with Crippen molar-refractivity contribution in [1.29, 1.82) is 0 Å². The van der Waals surface area contributed by atoms with Gasteiger partial charge in [-0.05, 0) is 30.3 Å². The number of rotatable bonds is 7. The molecule has 1 amide bonds. The number of ether oxygens (including phenoxy) is 1. The molecule has 0 radical (unpaired) electrons. The molecule has 8 heteroatoms. The molecular formula is C17H18BrN3O4. The van der Waals surface area contributed by atoms with Crippen molar-refractivity contribution in [3.8, 4) is 5.75 Å². The molecule has 0 saturated carbocycles. The molecule has 0 bridgehead atoms. The van der Waals surface area contributed by atoms with Gasteiger partial charge in [-0.2, -0.15) is 0 Å². The van der Waals surface area contributed by atoms with Gasteiger partial charge in [-0.1, -0.05) is 15.9 Å². The molecule has 0 saturated heterocycles. The number of nitro groups is 1. The van der Waals surface area contributed by atoms with Gasteiger partial charge in [0.15, 0.2) is 0 Å². The highest BCUT2D eigenvalue weighted by Gasteiger charge is 2.19. The Kier molecular flexibility index (Phi) is 6.35. The van der Waals surface area contributed by atoms with Crippen LogP contribution >= 0.6 is 15.9 Å². The first-order chi connectivity index (χ1) is 11.9. The van der Waals surface area contributed by atoms with Gasteiger partial charge in [0.25, 0.3) is 11.6 Å². The average Bonchev–Trinajstić information content (AvgIpc) is 2.62. The molecule has 132 valence electrons. The maximum Gasteiger partial charge on any atom is 0.270 e. The van der Waals surface area contributed by atoms with E-state index in [0.29, 0.717) is 24.6 Å². The average molecular weight is 408 g/mol. The molecule has 7 nitrogen and oxygen atoms in total. The number of nitro benzene ring substituents is 1. The van der Waals surface area contributed by atoms with Crippen molar-refractivity contribution in [3.63, 3.8) is 0 Å². The maximum absolute atomic E-state index is 12.6. The molecule has 0 aromatic heterocycles. The molecule has 0 aliphatic carbocycles. The van der Waals surface area contributed by atoms with E-state index in [4.69, 9.17) is 4.74 Å². The second-order valence-corrected chi connectivity index (χ2v) is 6.18. The molecular weight excluding hydrogens is 390 g/mol. The Labute approximate surface area is 153 Å². The van der Waals surface area contributed by atoms with E-state index in [1.165, 1.54) is 23.1 Å². The van der Waals surface area contributed by atoms with Crippen LogP contribution in [0.4, 0.5) is 11.4 Å². The van der Waals surface area contributed by atoms with Crippen molar-refractivity contribution in [2.45, 2.75) is 0 Å². The van der Waals surface area contributed by atoms with Crippen LogP contribution in [0.2, 0.25) is 0 Å². The van der Waals surface area contributed by atoms with Crippen molar-refractivity contribution in [2.75, 3.05) is 32.6 Å². The number of hydrogen-bond donors (Lipinski definition) is 1. The molecule has 1 N–H and O–H groups in total. The topological polar surface area (TPSA) is 84.7 Å². The SMILES string of the molecule is CNc1ccc([N+](=O)[O-])cc1C(=O)N(C)CCOc1ccc(Br)cc1. The summed E-state index contributed by atoms with van der Waals surface area (Å²) in [5.41, 5.74) is 0.668. The largest absolute Gasteiger partial charge is 0.492 e. The van der Waals surface area contributed by atoms with Gasteiger partial charge in [0.1, 0.15) is 12.4 Å². The van der Waals surface area contributed by atoms with Crippen LogP contribution in [0.1, 0.15) is 10.4 Å². The lowest BCUT2D eigenvalue weighted by molar-refractivity contribution is -0.384. The Balaban J connectivity index is 2.02. The molecule has 25 heavy (non-hydrogen) atoms. The molecule has 0 aliphatic heterocycles. The fourth-order valence-corrected chi connectivity index (χ4v) is 2.44. The number of nitrogens with one attached hydrogen (secondary N) is 1. The quantitative estimate of drug-likeness (QED) is 0.560. The van der Waals surface area contributed by atoms with Gasteiger partial charge >= 0.3 is 0 Å². The molecule has 0 atom stereocenters. The first kappa shape index (κ1) is 18.7. The van der Waals surface area contributed by atoms with Crippen molar-refractivity contribution >= 4 is 33.2 Å². The van der Waals surface area contributed by atoms with E-state index >= 15 is 0 Å². The Morgan fingerprint density at radius 3 is 2.56 bits per heavy atom. The maximum atomic E-state index is 12.6. The van der Waals surface area contributed by atoms with Gasteiger partial charge in [-0.15, -0.1) is 0 Å². The second-order valence-electron chi connectivity index (χ2n) is 5.27. The first-order valence-corrected chi connectivity index (χ1v) is 8.31. The van der Waals surface area contributed by atoms with Gasteiger partial charge in [-0.3, -0.25) is 14.9 Å². The summed E-state index contributed by atoms with van der Waals surface area (Å²) >= 11 is 3.35. The van der Waals surface area contributed by atoms with E-state index in [0.717, 1.165) is 4.47 Å². The van der Waals surface area contributed by atoms with E-state index < -0.39 is 4.92 Å². The van der Waals surface area contributed by atoms with E-state index in [9.17, 15) is 14.9 Å². The van der Waals surface area contributed by atoms with Crippen LogP contribution in [0.25, 0.3) is 0 Å². The Morgan fingerprint density at radius 1 is 1.28 bits per heavy atom. The van der Waals surface area contributed by atoms with Crippen LogP contribution in [0.15, 0.2) is 46.9 Å². The molecule has 2 rings (SSSR count). The molecule has 0 heterocycles. The lowest BCUT2D eigenvalue weighted by Gasteiger charge is -2.19. The van der Waals surface area contributed by atoms with E-state index in [1.54, 1.807) is 14.1 Å². The normalized spacial score (nSPS) is 10.2. The highest BCUT2D eigenvalue weighted by Crippen LogP contribution is 2.23. The van der Waals surface area contributed by atoms with E-state index in [-0.39, 0.29) is 17.2 Å². The van der Waals surface area contributed by atoms with E-state index in [2.05, 4.69) is 21.2 Å². The van der Waals surface area contributed by atoms with Crippen LogP contribution in [0, 0.1) is 10.1 Å². The zero-order valence-corrected chi connectivity index (χ0v) is 15.4. The summed E-state index contributed by atoms with van der Waals surface area (Å²) in [5.74, 6) is 0.391. The molecule has 0 aliphatic rings. The number of halogens is 1. The molecule has 0 unspecified atom stereocenters. The summed E-state index contributed by atoms with van der Waals surface area (Å²) in [6.07, 6.45) is 0. The highest BCUT2D eigenvalue weighted by atomic mass is 79.9. The van der Waals surface area contributed by atoms with Crippen molar-refractivity contribution in [3.05, 3.63) is 62.6 Å². The number of nitrogens with zero attached hydrogens (tertiary/aromatic N) is 2. The third-order valence-corrected chi connectivity index (χ3v) is 4.10. The third kappa shape index (κ3) is 4.93. The number of carbonyl (C=O) groups excluding carboxylic acids is 1. The summed E-state index contributed by atoms with van der Waals surface area (Å²) in [4.78, 5) is 24.5. The molecule has 0 fully saturated rings. The summed E-state index contributed by atoms with van der Waals surface area (Å²) in [5, 5.41) is 13.8. The van der Waals surface area contributed by atoms with Crippen LogP contribution < -0.4 is 10.1 Å². The third-order valence-electron chi connectivity index (χ3n) is 3.57. The van der Waals surface area contributed by atoms with Crippen LogP contribution in [-0.4, -0.2) is 43.0 Å². The molecule has 2 aromatic rings. The lowest BCUT2D eigenvalue weighted by Crippen LogP contribution is -2.31. The van der Waals surface area contributed by atoms with Gasteiger partial charge in [0.2, 0.25) is 0 Å². The summed E-state index contributed by atoms with van der Waals surface area (Å²) in [6, 6.07) is 11.5. The first-order valence-electron chi connectivity index (χ1n) is 7.52. The number of amides is 1. The fraction of sp³-hybridized carbons (Fsp3) is 0.235. The number of hydrogen-bond acceptors (Lipinski definition) is 5. The van der Waals surface area contributed by atoms with Crippen molar-refractivity contribution in [2.24, 2.45) is 0 Å². The zero-order chi connectivity index (χ0) is 18.4. The number of carbonyl (C=O) groups is 1. The standard InChI is InChI=1S/C17H18BrN3O4/c1-19-16-8-5-13(21(23)24)11-15(16)17(22)20(2)9-10-25-14-6-3-12(18)4-7-14/h3-8,11,19H,9-10H2,1-2H3. The molecule has 2 aromatic carbocycles. The fourth-order valence-electron chi connectivity index (χ4n) is 2.18. The van der Waals surface area contributed by atoms with Gasteiger partial charge in [0.05, 0.1) is 17.0 Å². The van der Waals surface area contributed by atoms with Crippen LogP contribution in [-0.2, 0) is 0 Å². The van der Waals surface area contributed by atoms with Crippen LogP contribution in [0.5, 0.6) is 5.75 Å². The second kappa shape index (κ2) is 8.48. The Hall–Kier alpha value is -2.61. The predicted octanol–water partition coefficient (Wildman–Crippen LogP) is 3.55. The van der Waals surface area contributed by atoms with Gasteiger partial charge in [0, 0.05) is 36.4 Å². The lowest BCUT2D eigenvalue weighted by atomic mass is 10.1. The summed E-state index contributed by atoms with van der Waals surface area (Å²) < 4.78 is 6.55. The highest BCUT2D eigenvalue weighted by molar-refractivity contribution is 9.10. The Bertz CT molecular complexity index is 765. The monoisotopic (exact) mass is 407 g/mol. The summed E-state index contributed by atoms with van der Waals surface area (Å²) in [7, 11) is 3.29.